The first kappa shape index (κ1) is 10.6. The van der Waals surface area contributed by atoms with Gasteiger partial charge in [0.1, 0.15) is 12.2 Å². The molecule has 1 aliphatic heterocycles. The Morgan fingerprint density at radius 3 is 2.67 bits per heavy atom. The first-order chi connectivity index (χ1) is 7.31. The molecule has 82 valence electrons. The first-order valence-electron chi connectivity index (χ1n) is 5.29. The Hall–Kier alpha value is -0.900. The monoisotopic (exact) mass is 208 g/mol. The van der Waals surface area contributed by atoms with E-state index in [-0.39, 0.29) is 18.8 Å². The summed E-state index contributed by atoms with van der Waals surface area (Å²) in [6, 6.07) is 10.2. The molecular weight excluding hydrogens is 192 g/mol. The lowest BCUT2D eigenvalue weighted by Gasteiger charge is -2.01. The summed E-state index contributed by atoms with van der Waals surface area (Å²) in [6.45, 7) is -0.216. The Morgan fingerprint density at radius 1 is 1.27 bits per heavy atom. The highest BCUT2D eigenvalue weighted by Crippen LogP contribution is 2.29. The Kier molecular flexibility index (Phi) is 3.36. The number of ether oxygens (including phenoxy) is 1. The maximum absolute atomic E-state index is 9.29. The van der Waals surface area contributed by atoms with Crippen molar-refractivity contribution in [2.75, 3.05) is 6.61 Å². The quantitative estimate of drug-likeness (QED) is 0.702. The van der Waals surface area contributed by atoms with Gasteiger partial charge in [0, 0.05) is 0 Å². The van der Waals surface area contributed by atoms with Crippen LogP contribution in [0.5, 0.6) is 0 Å². The van der Waals surface area contributed by atoms with Crippen LogP contribution in [0.4, 0.5) is 0 Å². The van der Waals surface area contributed by atoms with E-state index in [0.717, 1.165) is 12.8 Å². The molecular formula is C12H16O3. The topological polar surface area (TPSA) is 53.0 Å². The van der Waals surface area contributed by atoms with Gasteiger partial charge in [0.15, 0.2) is 0 Å². The van der Waals surface area contributed by atoms with Crippen LogP contribution in [0.3, 0.4) is 0 Å². The maximum Gasteiger partial charge on any atom is 0.112 e. The lowest BCUT2D eigenvalue weighted by Crippen LogP contribution is -2.21. The molecule has 3 nitrogen and oxygen atoms in total. The lowest BCUT2D eigenvalue weighted by atomic mass is 10.1. The van der Waals surface area contributed by atoms with Crippen LogP contribution in [0, 0.1) is 0 Å². The standard InChI is InChI=1S/C12H16O3/c13-8-10(14)12-11(15-12)7-6-9-4-2-1-3-5-9/h1-5,10-14H,6-8H2/t10-,11+,12-/m1/s1. The van der Waals surface area contributed by atoms with Crippen molar-refractivity contribution in [1.29, 1.82) is 0 Å². The molecule has 0 aliphatic carbocycles. The Morgan fingerprint density at radius 2 is 2.00 bits per heavy atom. The van der Waals surface area contributed by atoms with Gasteiger partial charge < -0.3 is 14.9 Å². The molecule has 1 aliphatic rings. The minimum absolute atomic E-state index is 0.118. The summed E-state index contributed by atoms with van der Waals surface area (Å²) >= 11 is 0. The fraction of sp³-hybridized carbons (Fsp3) is 0.500. The number of benzene rings is 1. The van der Waals surface area contributed by atoms with Gasteiger partial charge >= 0.3 is 0 Å². The zero-order chi connectivity index (χ0) is 10.7. The Balaban J connectivity index is 1.73. The number of epoxide rings is 1. The molecule has 3 atom stereocenters. The highest BCUT2D eigenvalue weighted by molar-refractivity contribution is 5.15. The second kappa shape index (κ2) is 4.75. The molecule has 2 N–H and O–H groups in total. The van der Waals surface area contributed by atoms with Gasteiger partial charge in [-0.1, -0.05) is 30.3 Å². The van der Waals surface area contributed by atoms with Crippen LogP contribution in [-0.4, -0.2) is 35.1 Å². The van der Waals surface area contributed by atoms with E-state index >= 15 is 0 Å². The minimum atomic E-state index is -0.717. The van der Waals surface area contributed by atoms with E-state index in [2.05, 4.69) is 12.1 Å². The van der Waals surface area contributed by atoms with Crippen LogP contribution >= 0.6 is 0 Å². The summed E-state index contributed by atoms with van der Waals surface area (Å²) in [5, 5.41) is 18.0. The van der Waals surface area contributed by atoms with Crippen molar-refractivity contribution in [3.8, 4) is 0 Å². The van der Waals surface area contributed by atoms with Crippen molar-refractivity contribution in [1.82, 2.24) is 0 Å². The van der Waals surface area contributed by atoms with Gasteiger partial charge in [-0.15, -0.1) is 0 Å². The number of aliphatic hydroxyl groups is 2. The molecule has 1 saturated heterocycles. The lowest BCUT2D eigenvalue weighted by molar-refractivity contribution is 0.0706. The maximum atomic E-state index is 9.29. The zero-order valence-electron chi connectivity index (χ0n) is 8.54. The number of hydrogen-bond acceptors (Lipinski definition) is 3. The largest absolute Gasteiger partial charge is 0.394 e. The number of rotatable bonds is 5. The normalized spacial score (nSPS) is 26.3. The van der Waals surface area contributed by atoms with Crippen molar-refractivity contribution in [2.24, 2.45) is 0 Å². The van der Waals surface area contributed by atoms with E-state index in [1.54, 1.807) is 0 Å². The van der Waals surface area contributed by atoms with Crippen LogP contribution in [0.1, 0.15) is 12.0 Å². The summed E-state index contributed by atoms with van der Waals surface area (Å²) in [4.78, 5) is 0. The summed E-state index contributed by atoms with van der Waals surface area (Å²) in [6.07, 6.45) is 1.11. The fourth-order valence-corrected chi connectivity index (χ4v) is 1.78. The molecule has 15 heavy (non-hydrogen) atoms. The molecule has 0 unspecified atom stereocenters. The molecule has 0 spiro atoms. The predicted molar refractivity (Wildman–Crippen MR) is 56.5 cm³/mol. The van der Waals surface area contributed by atoms with E-state index in [9.17, 15) is 5.11 Å². The molecule has 1 aromatic carbocycles. The van der Waals surface area contributed by atoms with Crippen molar-refractivity contribution < 1.29 is 14.9 Å². The van der Waals surface area contributed by atoms with Crippen molar-refractivity contribution in [3.63, 3.8) is 0 Å². The van der Waals surface area contributed by atoms with Crippen LogP contribution in [-0.2, 0) is 11.2 Å². The summed E-state index contributed by atoms with van der Waals surface area (Å²) in [5.41, 5.74) is 1.28. The molecule has 0 radical (unpaired) electrons. The van der Waals surface area contributed by atoms with E-state index in [4.69, 9.17) is 9.84 Å². The Labute approximate surface area is 89.3 Å². The molecule has 2 rings (SSSR count). The number of aliphatic hydroxyl groups excluding tert-OH is 2. The van der Waals surface area contributed by atoms with Gasteiger partial charge in [-0.25, -0.2) is 0 Å². The third-order valence-electron chi connectivity index (χ3n) is 2.75. The van der Waals surface area contributed by atoms with Gasteiger partial charge in [-0.2, -0.15) is 0 Å². The van der Waals surface area contributed by atoms with Gasteiger partial charge in [0.2, 0.25) is 0 Å². The molecule has 3 heteroatoms. The molecule has 0 amide bonds. The van der Waals surface area contributed by atoms with Crippen LogP contribution < -0.4 is 0 Å². The van der Waals surface area contributed by atoms with Crippen molar-refractivity contribution >= 4 is 0 Å². The van der Waals surface area contributed by atoms with E-state index in [1.807, 2.05) is 18.2 Å². The summed E-state index contributed by atoms with van der Waals surface area (Å²) in [5.74, 6) is 0. The predicted octanol–water partition coefficient (Wildman–Crippen LogP) is 0.740. The van der Waals surface area contributed by atoms with Crippen LogP contribution in [0.2, 0.25) is 0 Å². The Bertz CT molecular complexity index is 299. The minimum Gasteiger partial charge on any atom is -0.394 e. The van der Waals surface area contributed by atoms with Gasteiger partial charge in [0.25, 0.3) is 0 Å². The summed E-state index contributed by atoms with van der Waals surface area (Å²) in [7, 11) is 0. The second-order valence-corrected chi connectivity index (χ2v) is 3.91. The average Bonchev–Trinajstić information content (AvgIpc) is 3.06. The van der Waals surface area contributed by atoms with Crippen molar-refractivity contribution in [2.45, 2.75) is 31.2 Å². The van der Waals surface area contributed by atoms with E-state index in [1.165, 1.54) is 5.56 Å². The number of aryl methyl sites for hydroxylation is 1. The van der Waals surface area contributed by atoms with Crippen LogP contribution in [0.15, 0.2) is 30.3 Å². The van der Waals surface area contributed by atoms with Gasteiger partial charge in [0.05, 0.1) is 12.7 Å². The highest BCUT2D eigenvalue weighted by Gasteiger charge is 2.43. The van der Waals surface area contributed by atoms with Gasteiger partial charge in [-0.3, -0.25) is 0 Å². The SMILES string of the molecule is OC[C@@H](O)[C@H]1O[C@H]1CCc1ccccc1. The third kappa shape index (κ3) is 2.78. The molecule has 1 heterocycles. The molecule has 1 fully saturated rings. The smallest absolute Gasteiger partial charge is 0.112 e. The molecule has 0 aromatic heterocycles. The molecule has 1 aromatic rings. The van der Waals surface area contributed by atoms with E-state index < -0.39 is 6.10 Å². The summed E-state index contributed by atoms with van der Waals surface area (Å²) < 4.78 is 5.28. The first-order valence-corrected chi connectivity index (χ1v) is 5.29. The van der Waals surface area contributed by atoms with Crippen LogP contribution in [0.25, 0.3) is 0 Å². The second-order valence-electron chi connectivity index (χ2n) is 3.91. The van der Waals surface area contributed by atoms with Gasteiger partial charge in [-0.05, 0) is 18.4 Å². The number of hydrogen-bond donors (Lipinski definition) is 2. The fourth-order valence-electron chi connectivity index (χ4n) is 1.78. The highest BCUT2D eigenvalue weighted by atomic mass is 16.6. The van der Waals surface area contributed by atoms with E-state index in [0.29, 0.717) is 0 Å². The molecule has 0 bridgehead atoms. The average molecular weight is 208 g/mol. The molecule has 0 saturated carbocycles. The van der Waals surface area contributed by atoms with Crippen molar-refractivity contribution in [3.05, 3.63) is 35.9 Å². The zero-order valence-corrected chi connectivity index (χ0v) is 8.54. The third-order valence-corrected chi connectivity index (χ3v) is 2.75.